The van der Waals surface area contributed by atoms with Crippen molar-refractivity contribution >= 4 is 46.6 Å². The average molecular weight is 363 g/mol. The minimum atomic E-state index is -0.556. The van der Waals surface area contributed by atoms with Crippen LogP contribution in [0.5, 0.6) is 5.75 Å². The fraction of sp³-hybridized carbons (Fsp3) is 0.0588. The maximum absolute atomic E-state index is 13.3. The second kappa shape index (κ2) is 6.59. The van der Waals surface area contributed by atoms with Gasteiger partial charge in [0.25, 0.3) is 5.91 Å². The van der Waals surface area contributed by atoms with Crippen molar-refractivity contribution < 1.29 is 13.9 Å². The van der Waals surface area contributed by atoms with Gasteiger partial charge in [-0.1, -0.05) is 23.7 Å². The molecule has 0 unspecified atom stereocenters. The Morgan fingerprint density at radius 2 is 1.96 bits per heavy atom. The van der Waals surface area contributed by atoms with Gasteiger partial charge in [-0.2, -0.15) is 0 Å². The third kappa shape index (κ3) is 3.11. The number of anilines is 1. The number of halogens is 2. The number of carbonyl (C=O) groups is 1. The monoisotopic (exact) mass is 362 g/mol. The van der Waals surface area contributed by atoms with Crippen molar-refractivity contribution in [3.05, 3.63) is 64.6 Å². The summed E-state index contributed by atoms with van der Waals surface area (Å²) in [5.74, 6) is -0.167. The van der Waals surface area contributed by atoms with Gasteiger partial charge < -0.3 is 10.1 Å². The lowest BCUT2D eigenvalue weighted by atomic mass is 10.2. The fourth-order valence-corrected chi connectivity index (χ4v) is 2.73. The number of rotatable bonds is 3. The molecule has 0 radical (unpaired) electrons. The number of carbonyl (C=O) groups excluding carboxylic acids is 1. The van der Waals surface area contributed by atoms with Crippen molar-refractivity contribution in [3.63, 3.8) is 0 Å². The van der Waals surface area contributed by atoms with Crippen LogP contribution in [0.4, 0.5) is 10.1 Å². The zero-order valence-electron chi connectivity index (χ0n) is 12.5. The van der Waals surface area contributed by atoms with E-state index in [9.17, 15) is 9.18 Å². The predicted molar refractivity (Wildman–Crippen MR) is 95.6 cm³/mol. The maximum Gasteiger partial charge on any atom is 0.281 e. The van der Waals surface area contributed by atoms with Crippen LogP contribution < -0.4 is 15.0 Å². The molecule has 4 nitrogen and oxygen atoms in total. The van der Waals surface area contributed by atoms with Gasteiger partial charge in [0.1, 0.15) is 17.3 Å². The first-order chi connectivity index (χ1) is 11.5. The summed E-state index contributed by atoms with van der Waals surface area (Å²) < 4.78 is 18.4. The summed E-state index contributed by atoms with van der Waals surface area (Å²) in [6.45, 7) is 0. The van der Waals surface area contributed by atoms with E-state index in [2.05, 4.69) is 5.32 Å². The van der Waals surface area contributed by atoms with Crippen LogP contribution in [0.2, 0.25) is 5.02 Å². The first kappa shape index (κ1) is 16.4. The Kier molecular flexibility index (Phi) is 4.51. The van der Waals surface area contributed by atoms with Gasteiger partial charge in [0.2, 0.25) is 0 Å². The highest BCUT2D eigenvalue weighted by molar-refractivity contribution is 7.80. The van der Waals surface area contributed by atoms with Crippen molar-refractivity contribution in [2.24, 2.45) is 0 Å². The van der Waals surface area contributed by atoms with Gasteiger partial charge in [-0.3, -0.25) is 9.69 Å². The van der Waals surface area contributed by atoms with Crippen LogP contribution >= 0.6 is 23.8 Å². The van der Waals surface area contributed by atoms with Crippen LogP contribution in [-0.4, -0.2) is 18.1 Å². The van der Waals surface area contributed by atoms with Crippen LogP contribution in [0.15, 0.2) is 48.2 Å². The van der Waals surface area contributed by atoms with Crippen molar-refractivity contribution in [3.8, 4) is 5.75 Å². The zero-order chi connectivity index (χ0) is 17.3. The molecule has 1 fully saturated rings. The predicted octanol–water partition coefficient (Wildman–Crippen LogP) is 3.75. The minimum Gasteiger partial charge on any atom is -0.497 e. The second-order valence-electron chi connectivity index (χ2n) is 5.00. The minimum absolute atomic E-state index is 0.0734. The standard InChI is InChI=1S/C17H12ClFN2O2S/c1-23-12-5-2-10(3-6-12)8-15-16(22)21(17(24)20-15)11-4-7-14(19)13(18)9-11/h2-9H,1H3,(H,20,24)/b15-8+. The fourth-order valence-electron chi connectivity index (χ4n) is 2.26. The van der Waals surface area contributed by atoms with E-state index in [1.165, 1.54) is 23.1 Å². The number of amides is 1. The van der Waals surface area contributed by atoms with Crippen LogP contribution in [0, 0.1) is 5.82 Å². The number of ether oxygens (including phenoxy) is 1. The Balaban J connectivity index is 1.90. The molecule has 0 saturated carbocycles. The number of hydrogen-bond donors (Lipinski definition) is 1. The van der Waals surface area contributed by atoms with Gasteiger partial charge in [-0.25, -0.2) is 4.39 Å². The Hall–Kier alpha value is -2.44. The summed E-state index contributed by atoms with van der Waals surface area (Å²) in [5.41, 5.74) is 1.54. The third-order valence-corrected chi connectivity index (χ3v) is 4.04. The average Bonchev–Trinajstić information content (AvgIpc) is 2.85. The summed E-state index contributed by atoms with van der Waals surface area (Å²) >= 11 is 11.0. The number of hydrogen-bond acceptors (Lipinski definition) is 3. The summed E-state index contributed by atoms with van der Waals surface area (Å²) in [4.78, 5) is 13.9. The Morgan fingerprint density at radius 3 is 2.58 bits per heavy atom. The second-order valence-corrected chi connectivity index (χ2v) is 5.79. The first-order valence-corrected chi connectivity index (χ1v) is 7.74. The van der Waals surface area contributed by atoms with E-state index in [1.54, 1.807) is 25.3 Å². The summed E-state index contributed by atoms with van der Waals surface area (Å²) in [7, 11) is 1.58. The zero-order valence-corrected chi connectivity index (χ0v) is 14.1. The lowest BCUT2D eigenvalue weighted by molar-refractivity contribution is -0.113. The molecule has 7 heteroatoms. The molecule has 3 rings (SSSR count). The molecule has 0 bridgehead atoms. The Labute approximate surface area is 148 Å². The van der Waals surface area contributed by atoms with E-state index >= 15 is 0 Å². The molecule has 0 atom stereocenters. The number of nitrogens with one attached hydrogen (secondary N) is 1. The van der Waals surface area contributed by atoms with Gasteiger partial charge >= 0.3 is 0 Å². The molecule has 122 valence electrons. The molecule has 1 N–H and O–H groups in total. The summed E-state index contributed by atoms with van der Waals surface area (Å²) in [5, 5.41) is 3.00. The lowest BCUT2D eigenvalue weighted by Crippen LogP contribution is -2.30. The number of methoxy groups -OCH3 is 1. The maximum atomic E-state index is 13.3. The quantitative estimate of drug-likeness (QED) is 0.667. The molecular formula is C17H12ClFN2O2S. The number of benzene rings is 2. The van der Waals surface area contributed by atoms with E-state index in [1.807, 2.05) is 12.1 Å². The van der Waals surface area contributed by atoms with Crippen molar-refractivity contribution in [1.82, 2.24) is 5.32 Å². The number of nitrogens with zero attached hydrogens (tertiary/aromatic N) is 1. The normalized spacial score (nSPS) is 15.8. The summed E-state index contributed by atoms with van der Waals surface area (Å²) in [6, 6.07) is 11.2. The molecule has 2 aromatic rings. The summed E-state index contributed by atoms with van der Waals surface area (Å²) in [6.07, 6.45) is 1.68. The largest absolute Gasteiger partial charge is 0.497 e. The van der Waals surface area contributed by atoms with Gasteiger partial charge in [-0.15, -0.1) is 0 Å². The van der Waals surface area contributed by atoms with Gasteiger partial charge in [0.15, 0.2) is 5.11 Å². The van der Waals surface area contributed by atoms with Crippen molar-refractivity contribution in [2.75, 3.05) is 12.0 Å². The molecule has 0 spiro atoms. The van der Waals surface area contributed by atoms with Crippen LogP contribution in [0.3, 0.4) is 0 Å². The Bertz CT molecular complexity index is 852. The Morgan fingerprint density at radius 1 is 1.25 bits per heavy atom. The topological polar surface area (TPSA) is 41.6 Å². The molecule has 24 heavy (non-hydrogen) atoms. The SMILES string of the molecule is COc1ccc(/C=C2/NC(=S)N(c3ccc(F)c(Cl)c3)C2=O)cc1. The molecule has 0 aromatic heterocycles. The van der Waals surface area contributed by atoms with E-state index in [0.717, 1.165) is 11.3 Å². The van der Waals surface area contributed by atoms with Crippen LogP contribution in [0.25, 0.3) is 6.08 Å². The highest BCUT2D eigenvalue weighted by atomic mass is 35.5. The van der Waals surface area contributed by atoms with E-state index in [4.69, 9.17) is 28.6 Å². The molecule has 1 aliphatic heterocycles. The highest BCUT2D eigenvalue weighted by Gasteiger charge is 2.32. The molecule has 1 amide bonds. The van der Waals surface area contributed by atoms with Crippen molar-refractivity contribution in [1.29, 1.82) is 0 Å². The molecule has 1 heterocycles. The highest BCUT2D eigenvalue weighted by Crippen LogP contribution is 2.27. The van der Waals surface area contributed by atoms with E-state index < -0.39 is 5.82 Å². The number of thiocarbonyl (C=S) groups is 1. The third-order valence-electron chi connectivity index (χ3n) is 3.47. The van der Waals surface area contributed by atoms with Crippen LogP contribution in [0.1, 0.15) is 5.56 Å². The first-order valence-electron chi connectivity index (χ1n) is 6.96. The van der Waals surface area contributed by atoms with Gasteiger partial charge in [0, 0.05) is 0 Å². The van der Waals surface area contributed by atoms with E-state index in [0.29, 0.717) is 11.4 Å². The van der Waals surface area contributed by atoms with Crippen LogP contribution in [-0.2, 0) is 4.79 Å². The lowest BCUT2D eigenvalue weighted by Gasteiger charge is -2.14. The molecular weight excluding hydrogens is 351 g/mol. The van der Waals surface area contributed by atoms with E-state index in [-0.39, 0.29) is 16.0 Å². The molecule has 1 aliphatic rings. The van der Waals surface area contributed by atoms with Gasteiger partial charge in [0.05, 0.1) is 17.8 Å². The smallest absolute Gasteiger partial charge is 0.281 e. The molecule has 0 aliphatic carbocycles. The molecule has 1 saturated heterocycles. The van der Waals surface area contributed by atoms with Crippen molar-refractivity contribution in [2.45, 2.75) is 0 Å². The van der Waals surface area contributed by atoms with Gasteiger partial charge in [-0.05, 0) is 54.2 Å². The molecule has 2 aromatic carbocycles.